The Morgan fingerprint density at radius 1 is 1.19 bits per heavy atom. The number of aromatic nitrogens is 4. The second-order valence-corrected chi connectivity index (χ2v) is 9.17. The third-order valence-electron chi connectivity index (χ3n) is 5.65. The summed E-state index contributed by atoms with van der Waals surface area (Å²) in [5.41, 5.74) is 1.96. The first-order chi connectivity index (χ1) is 17.4. The second kappa shape index (κ2) is 10.7. The van der Waals surface area contributed by atoms with Gasteiger partial charge in [0.25, 0.3) is 0 Å². The fourth-order valence-corrected chi connectivity index (χ4v) is 3.92. The lowest BCUT2D eigenvalue weighted by Gasteiger charge is -2.19. The lowest BCUT2D eigenvalue weighted by molar-refractivity contribution is -0.162. The molecule has 4 aromatic rings. The Morgan fingerprint density at radius 3 is 2.64 bits per heavy atom. The molecule has 0 unspecified atom stereocenters. The summed E-state index contributed by atoms with van der Waals surface area (Å²) in [6.45, 7) is 6.97. The minimum atomic E-state index is -1.37. The first-order valence-electron chi connectivity index (χ1n) is 11.9. The molecule has 10 heteroatoms. The van der Waals surface area contributed by atoms with Crippen molar-refractivity contribution in [2.45, 2.75) is 58.8 Å². The van der Waals surface area contributed by atoms with Crippen LogP contribution >= 0.6 is 12.3 Å². The number of halogens is 1. The van der Waals surface area contributed by atoms with Gasteiger partial charge in [0, 0.05) is 10.9 Å². The van der Waals surface area contributed by atoms with E-state index in [2.05, 4.69) is 5.10 Å². The predicted molar refractivity (Wildman–Crippen MR) is 138 cm³/mol. The number of carboxylic acid groups (broad SMARTS) is 1. The Balaban J connectivity index is 0.00000148. The fraction of sp³-hybridized carbons (Fsp3) is 0.346. The molecule has 5 rings (SSSR count). The van der Waals surface area contributed by atoms with Crippen LogP contribution in [0.25, 0.3) is 27.8 Å². The van der Waals surface area contributed by atoms with E-state index in [-0.39, 0.29) is 25.0 Å². The highest BCUT2D eigenvalue weighted by Crippen LogP contribution is 2.33. The molecule has 0 aliphatic heterocycles. The number of hydrogen-bond acceptors (Lipinski definition) is 6. The van der Waals surface area contributed by atoms with Crippen molar-refractivity contribution in [2.75, 3.05) is 0 Å². The summed E-state index contributed by atoms with van der Waals surface area (Å²) >= 11 is 0.00979. The van der Waals surface area contributed by atoms with Crippen LogP contribution in [-0.4, -0.2) is 41.7 Å². The standard InChI is InChI=1S/C24H23FN4O4S.C2H6/c1-24(2,23(30)31)32-14-17-12-21(15-5-3-7-19(11-15)33-18-9-10-18)28(27-17)20-8-4-6-16-13-26-29(34-25)22(16)20;1-2/h3-8,11-13,18H,9-10,14H2,1-2H3,(H,30,31);1-2H3. The molecule has 190 valence electrons. The third-order valence-corrected chi connectivity index (χ3v) is 6.05. The van der Waals surface area contributed by atoms with Gasteiger partial charge in [0.15, 0.2) is 17.9 Å². The van der Waals surface area contributed by atoms with Crippen molar-refractivity contribution in [1.29, 1.82) is 0 Å². The number of fused-ring (bicyclic) bond motifs is 1. The quantitative estimate of drug-likeness (QED) is 0.285. The van der Waals surface area contributed by atoms with Crippen molar-refractivity contribution in [3.63, 3.8) is 0 Å². The number of nitrogens with zero attached hydrogens (tertiary/aromatic N) is 4. The minimum Gasteiger partial charge on any atom is -0.490 e. The van der Waals surface area contributed by atoms with Gasteiger partial charge in [-0.15, -0.1) is 3.89 Å². The molecule has 2 aromatic heterocycles. The molecule has 8 nitrogen and oxygen atoms in total. The number of ether oxygens (including phenoxy) is 2. The SMILES string of the molecule is CC.CC(C)(OCc1cc(-c2cccc(OC3CC3)c2)n(-c2cccc3cnn(SF)c23)n1)C(=O)O. The molecule has 0 bridgehead atoms. The zero-order valence-electron chi connectivity index (χ0n) is 20.6. The average Bonchev–Trinajstić information content (AvgIpc) is 3.43. The summed E-state index contributed by atoms with van der Waals surface area (Å²) < 4.78 is 28.1. The van der Waals surface area contributed by atoms with Gasteiger partial charge in [0.05, 0.1) is 36.0 Å². The van der Waals surface area contributed by atoms with Crippen molar-refractivity contribution >= 4 is 29.2 Å². The van der Waals surface area contributed by atoms with E-state index in [1.165, 1.54) is 17.9 Å². The number of para-hydroxylation sites is 1. The topological polar surface area (TPSA) is 91.4 Å². The zero-order chi connectivity index (χ0) is 25.9. The van der Waals surface area contributed by atoms with Gasteiger partial charge < -0.3 is 14.6 Å². The van der Waals surface area contributed by atoms with Crippen molar-refractivity contribution in [3.8, 4) is 22.7 Å². The van der Waals surface area contributed by atoms with Gasteiger partial charge in [-0.25, -0.2) is 9.48 Å². The molecule has 2 aromatic carbocycles. The molecule has 1 N–H and O–H groups in total. The Bertz CT molecular complexity index is 1360. The summed E-state index contributed by atoms with van der Waals surface area (Å²) in [6, 6.07) is 15.1. The maximum atomic E-state index is 13.6. The van der Waals surface area contributed by atoms with E-state index in [0.717, 1.165) is 35.2 Å². The van der Waals surface area contributed by atoms with E-state index in [4.69, 9.17) is 14.6 Å². The fourth-order valence-electron chi connectivity index (χ4n) is 3.57. The second-order valence-electron chi connectivity index (χ2n) is 8.68. The maximum absolute atomic E-state index is 13.6. The number of aliphatic carboxylic acids is 1. The van der Waals surface area contributed by atoms with Gasteiger partial charge in [-0.3, -0.25) is 0 Å². The molecule has 1 fully saturated rings. The van der Waals surface area contributed by atoms with Gasteiger partial charge in [0.1, 0.15) is 11.3 Å². The summed E-state index contributed by atoms with van der Waals surface area (Å²) in [5.74, 6) is -0.300. The van der Waals surface area contributed by atoms with E-state index in [1.54, 1.807) is 10.9 Å². The Morgan fingerprint density at radius 2 is 1.94 bits per heavy atom. The molecule has 0 spiro atoms. The van der Waals surface area contributed by atoms with Gasteiger partial charge in [-0.1, -0.05) is 38.1 Å². The van der Waals surface area contributed by atoms with Crippen LogP contribution in [0.3, 0.4) is 0 Å². The first-order valence-corrected chi connectivity index (χ1v) is 12.5. The number of benzene rings is 2. The van der Waals surface area contributed by atoms with E-state index in [9.17, 15) is 13.8 Å². The largest absolute Gasteiger partial charge is 0.490 e. The van der Waals surface area contributed by atoms with Crippen LogP contribution in [0, 0.1) is 0 Å². The molecule has 2 heterocycles. The summed E-state index contributed by atoms with van der Waals surface area (Å²) in [6.07, 6.45) is 3.95. The highest BCUT2D eigenvalue weighted by Gasteiger charge is 2.29. The van der Waals surface area contributed by atoms with Crippen LogP contribution in [0.5, 0.6) is 5.75 Å². The van der Waals surface area contributed by atoms with Crippen LogP contribution in [0.4, 0.5) is 3.89 Å². The summed E-state index contributed by atoms with van der Waals surface area (Å²) in [5, 5.41) is 19.0. The molecule has 1 aliphatic carbocycles. The van der Waals surface area contributed by atoms with Crippen molar-refractivity contribution in [3.05, 3.63) is 60.4 Å². The average molecular weight is 513 g/mol. The van der Waals surface area contributed by atoms with Crippen LogP contribution in [0.15, 0.2) is 54.7 Å². The number of hydrogen-bond donors (Lipinski definition) is 1. The van der Waals surface area contributed by atoms with Crippen LogP contribution < -0.4 is 4.74 Å². The first kappa shape index (κ1) is 25.7. The molecule has 36 heavy (non-hydrogen) atoms. The zero-order valence-corrected chi connectivity index (χ0v) is 21.5. The molecule has 0 amide bonds. The lowest BCUT2D eigenvalue weighted by Crippen LogP contribution is -2.34. The molecule has 1 aliphatic rings. The van der Waals surface area contributed by atoms with Crippen molar-refractivity contribution in [1.82, 2.24) is 19.0 Å². The van der Waals surface area contributed by atoms with Gasteiger partial charge >= 0.3 is 5.97 Å². The minimum absolute atomic E-state index is 0.00926. The molecular weight excluding hydrogens is 483 g/mol. The third kappa shape index (κ3) is 5.39. The van der Waals surface area contributed by atoms with Gasteiger partial charge in [-0.05, 0) is 51.0 Å². The monoisotopic (exact) mass is 512 g/mol. The summed E-state index contributed by atoms with van der Waals surface area (Å²) in [7, 11) is 0. The maximum Gasteiger partial charge on any atom is 0.335 e. The van der Waals surface area contributed by atoms with E-state index in [1.807, 2.05) is 62.4 Å². The normalized spacial score (nSPS) is 13.4. The number of carbonyl (C=O) groups is 1. The predicted octanol–water partition coefficient (Wildman–Crippen LogP) is 6.22. The Kier molecular flexibility index (Phi) is 7.65. The highest BCUT2D eigenvalue weighted by atomic mass is 32.2. The molecule has 0 saturated heterocycles. The molecular formula is C26H29FN4O4S. The van der Waals surface area contributed by atoms with Crippen LogP contribution in [0.1, 0.15) is 46.2 Å². The van der Waals surface area contributed by atoms with Crippen molar-refractivity contribution < 1.29 is 23.3 Å². The van der Waals surface area contributed by atoms with Gasteiger partial charge in [-0.2, -0.15) is 14.3 Å². The number of carboxylic acids is 1. The van der Waals surface area contributed by atoms with Gasteiger partial charge in [0.2, 0.25) is 0 Å². The lowest BCUT2D eigenvalue weighted by atomic mass is 10.1. The van der Waals surface area contributed by atoms with E-state index >= 15 is 0 Å². The molecule has 0 atom stereocenters. The smallest absolute Gasteiger partial charge is 0.335 e. The molecule has 1 saturated carbocycles. The molecule has 0 radical (unpaired) electrons. The van der Waals surface area contributed by atoms with Crippen LogP contribution in [0.2, 0.25) is 0 Å². The van der Waals surface area contributed by atoms with E-state index in [0.29, 0.717) is 16.9 Å². The summed E-state index contributed by atoms with van der Waals surface area (Å²) in [4.78, 5) is 11.5. The Labute approximate surface area is 213 Å². The van der Waals surface area contributed by atoms with Crippen molar-refractivity contribution in [2.24, 2.45) is 0 Å². The number of rotatable bonds is 9. The highest BCUT2D eigenvalue weighted by molar-refractivity contribution is 7.92. The van der Waals surface area contributed by atoms with Crippen LogP contribution in [-0.2, 0) is 16.1 Å². The Hall–Kier alpha value is -3.37. The van der Waals surface area contributed by atoms with E-state index < -0.39 is 11.6 Å².